The van der Waals surface area contributed by atoms with Crippen LogP contribution in [-0.2, 0) is 4.74 Å². The molecule has 1 fully saturated rings. The number of nitrogens with one attached hydrogen (secondary N) is 1. The third kappa shape index (κ3) is 4.95. The van der Waals surface area contributed by atoms with Crippen LogP contribution in [0.4, 0.5) is 5.69 Å². The summed E-state index contributed by atoms with van der Waals surface area (Å²) in [6.45, 7) is 8.35. The molecule has 0 aliphatic carbocycles. The zero-order valence-corrected chi connectivity index (χ0v) is 14.1. The molecule has 21 heavy (non-hydrogen) atoms. The molecule has 3 nitrogen and oxygen atoms in total. The second-order valence-electron chi connectivity index (χ2n) is 6.76. The molecule has 1 N–H and O–H groups in total. The van der Waals surface area contributed by atoms with Gasteiger partial charge in [0.2, 0.25) is 0 Å². The van der Waals surface area contributed by atoms with Crippen molar-refractivity contribution in [1.29, 1.82) is 0 Å². The Labute approximate surface area is 131 Å². The quantitative estimate of drug-likeness (QED) is 0.846. The van der Waals surface area contributed by atoms with Gasteiger partial charge in [-0.1, -0.05) is 13.8 Å². The first-order valence-corrected chi connectivity index (χ1v) is 8.66. The normalized spacial score (nSPS) is 21.1. The molecule has 1 atom stereocenters. The van der Waals surface area contributed by atoms with Gasteiger partial charge in [0.1, 0.15) is 0 Å². The number of hydrogen-bond donors (Lipinski definition) is 1. The number of carbonyl (C=O) groups excluding carboxylic acids is 1. The van der Waals surface area contributed by atoms with E-state index in [2.05, 4.69) is 19.2 Å². The fourth-order valence-electron chi connectivity index (χ4n) is 2.58. The molecule has 116 valence electrons. The van der Waals surface area contributed by atoms with Crippen LogP contribution in [0.1, 0.15) is 44.5 Å². The molecule has 0 saturated carbocycles. The molecule has 0 aromatic heterocycles. The van der Waals surface area contributed by atoms with Crippen molar-refractivity contribution in [2.24, 2.45) is 5.41 Å². The molecule has 2 rings (SSSR count). The zero-order valence-electron chi connectivity index (χ0n) is 13.3. The van der Waals surface area contributed by atoms with Crippen molar-refractivity contribution in [3.05, 3.63) is 29.8 Å². The van der Waals surface area contributed by atoms with E-state index in [1.807, 2.05) is 49.9 Å². The van der Waals surface area contributed by atoms with Crippen molar-refractivity contribution in [3.8, 4) is 0 Å². The topological polar surface area (TPSA) is 38.3 Å². The van der Waals surface area contributed by atoms with Crippen LogP contribution >= 0.6 is 11.8 Å². The number of esters is 1. The Morgan fingerprint density at radius 2 is 2.00 bits per heavy atom. The van der Waals surface area contributed by atoms with Crippen molar-refractivity contribution in [3.63, 3.8) is 0 Å². The molecular weight excluding hydrogens is 282 g/mol. The van der Waals surface area contributed by atoms with Crippen molar-refractivity contribution in [2.75, 3.05) is 16.8 Å². The summed E-state index contributed by atoms with van der Waals surface area (Å²) in [6, 6.07) is 8.07. The maximum absolute atomic E-state index is 11.8. The predicted molar refractivity (Wildman–Crippen MR) is 90.1 cm³/mol. The molecule has 1 aliphatic rings. The standard InChI is InChI=1S/C17H25NO2S/c1-12(2)20-16(19)13-5-7-14(8-6-13)18-15-9-17(3,4)11-21-10-15/h5-8,12,15,18H,9-11H2,1-4H3. The molecule has 1 saturated heterocycles. The molecule has 1 aromatic carbocycles. The number of carbonyl (C=O) groups is 1. The van der Waals surface area contributed by atoms with Crippen LogP contribution in [0.5, 0.6) is 0 Å². The summed E-state index contributed by atoms with van der Waals surface area (Å²) >= 11 is 2.01. The highest BCUT2D eigenvalue weighted by atomic mass is 32.2. The number of thioether (sulfide) groups is 1. The second kappa shape index (κ2) is 6.73. The van der Waals surface area contributed by atoms with Crippen LogP contribution in [0.3, 0.4) is 0 Å². The lowest BCUT2D eigenvalue weighted by Gasteiger charge is -2.35. The van der Waals surface area contributed by atoms with Gasteiger partial charge in [0.15, 0.2) is 0 Å². The Bertz CT molecular complexity index is 482. The van der Waals surface area contributed by atoms with Gasteiger partial charge in [-0.3, -0.25) is 0 Å². The van der Waals surface area contributed by atoms with Crippen LogP contribution in [0.25, 0.3) is 0 Å². The lowest BCUT2D eigenvalue weighted by molar-refractivity contribution is 0.0378. The smallest absolute Gasteiger partial charge is 0.338 e. The first-order chi connectivity index (χ1) is 9.85. The van der Waals surface area contributed by atoms with E-state index in [1.54, 1.807) is 0 Å². The average Bonchev–Trinajstić information content (AvgIpc) is 2.37. The molecule has 1 heterocycles. The summed E-state index contributed by atoms with van der Waals surface area (Å²) in [4.78, 5) is 11.8. The molecular formula is C17H25NO2S. The van der Waals surface area contributed by atoms with E-state index in [9.17, 15) is 4.79 Å². The van der Waals surface area contributed by atoms with Crippen molar-refractivity contribution in [2.45, 2.75) is 46.3 Å². The lowest BCUT2D eigenvalue weighted by atomic mass is 9.88. The highest BCUT2D eigenvalue weighted by Crippen LogP contribution is 2.34. The van der Waals surface area contributed by atoms with E-state index in [1.165, 1.54) is 12.2 Å². The van der Waals surface area contributed by atoms with Crippen molar-refractivity contribution in [1.82, 2.24) is 0 Å². The van der Waals surface area contributed by atoms with E-state index in [0.717, 1.165) is 11.4 Å². The number of ether oxygens (including phenoxy) is 1. The van der Waals surface area contributed by atoms with Crippen LogP contribution in [-0.4, -0.2) is 29.6 Å². The maximum Gasteiger partial charge on any atom is 0.338 e. The molecule has 0 amide bonds. The van der Waals surface area contributed by atoms with E-state index < -0.39 is 0 Å². The van der Waals surface area contributed by atoms with Gasteiger partial charge in [-0.25, -0.2) is 4.79 Å². The third-order valence-electron chi connectivity index (χ3n) is 3.44. The van der Waals surface area contributed by atoms with Crippen LogP contribution in [0.2, 0.25) is 0 Å². The van der Waals surface area contributed by atoms with Crippen molar-refractivity contribution < 1.29 is 9.53 Å². The Hall–Kier alpha value is -1.16. The number of rotatable bonds is 4. The minimum absolute atomic E-state index is 0.0863. The summed E-state index contributed by atoms with van der Waals surface area (Å²) in [6.07, 6.45) is 1.09. The average molecular weight is 307 g/mol. The van der Waals surface area contributed by atoms with Crippen molar-refractivity contribution >= 4 is 23.4 Å². The fourth-order valence-corrected chi connectivity index (χ4v) is 3.85. The molecule has 1 aromatic rings. The fraction of sp³-hybridized carbons (Fsp3) is 0.588. The summed E-state index contributed by atoms with van der Waals surface area (Å²) in [5.74, 6) is 2.11. The van der Waals surface area contributed by atoms with Gasteiger partial charge in [-0.15, -0.1) is 0 Å². The number of anilines is 1. The Morgan fingerprint density at radius 1 is 1.33 bits per heavy atom. The van der Waals surface area contributed by atoms with E-state index in [0.29, 0.717) is 17.0 Å². The molecule has 0 spiro atoms. The first-order valence-electron chi connectivity index (χ1n) is 7.51. The van der Waals surface area contributed by atoms with E-state index >= 15 is 0 Å². The van der Waals surface area contributed by atoms with Gasteiger partial charge < -0.3 is 10.1 Å². The van der Waals surface area contributed by atoms with Gasteiger partial charge in [0.25, 0.3) is 0 Å². The lowest BCUT2D eigenvalue weighted by Crippen LogP contribution is -2.35. The Morgan fingerprint density at radius 3 is 2.57 bits per heavy atom. The highest BCUT2D eigenvalue weighted by molar-refractivity contribution is 7.99. The predicted octanol–water partition coefficient (Wildman–Crippen LogP) is 4.20. The first kappa shape index (κ1) is 16.2. The second-order valence-corrected chi connectivity index (χ2v) is 7.79. The van der Waals surface area contributed by atoms with Gasteiger partial charge >= 0.3 is 5.97 Å². The minimum Gasteiger partial charge on any atom is -0.459 e. The summed E-state index contributed by atoms with van der Waals surface area (Å²) < 4.78 is 5.19. The summed E-state index contributed by atoms with van der Waals surface area (Å²) in [5.41, 5.74) is 2.06. The van der Waals surface area contributed by atoms with E-state index in [4.69, 9.17) is 4.74 Å². The Balaban J connectivity index is 1.95. The molecule has 4 heteroatoms. The summed E-state index contributed by atoms with van der Waals surface area (Å²) in [7, 11) is 0. The zero-order chi connectivity index (χ0) is 15.5. The SMILES string of the molecule is CC(C)OC(=O)c1ccc(NC2CSCC(C)(C)C2)cc1. The number of hydrogen-bond acceptors (Lipinski definition) is 4. The monoisotopic (exact) mass is 307 g/mol. The van der Waals surface area contributed by atoms with Crippen LogP contribution in [0.15, 0.2) is 24.3 Å². The van der Waals surface area contributed by atoms with Crippen LogP contribution in [0, 0.1) is 5.41 Å². The maximum atomic E-state index is 11.8. The van der Waals surface area contributed by atoms with Crippen LogP contribution < -0.4 is 5.32 Å². The van der Waals surface area contributed by atoms with Gasteiger partial charge in [0.05, 0.1) is 11.7 Å². The molecule has 1 aliphatic heterocycles. The number of benzene rings is 1. The molecule has 1 unspecified atom stereocenters. The van der Waals surface area contributed by atoms with Gasteiger partial charge in [-0.05, 0) is 55.7 Å². The Kier molecular flexibility index (Phi) is 5.20. The minimum atomic E-state index is -0.258. The van der Waals surface area contributed by atoms with Gasteiger partial charge in [-0.2, -0.15) is 11.8 Å². The molecule has 0 bridgehead atoms. The highest BCUT2D eigenvalue weighted by Gasteiger charge is 2.28. The molecule has 0 radical (unpaired) electrons. The largest absolute Gasteiger partial charge is 0.459 e. The van der Waals surface area contributed by atoms with Gasteiger partial charge in [0, 0.05) is 17.5 Å². The van der Waals surface area contributed by atoms with E-state index in [-0.39, 0.29) is 12.1 Å². The summed E-state index contributed by atoms with van der Waals surface area (Å²) in [5, 5.41) is 3.57. The third-order valence-corrected chi connectivity index (χ3v) is 5.07.